The van der Waals surface area contributed by atoms with Crippen LogP contribution in [0, 0.1) is 0 Å². The first-order valence-corrected chi connectivity index (χ1v) is 13.8. The molecule has 0 aliphatic heterocycles. The maximum atomic E-state index is 13.3. The van der Waals surface area contributed by atoms with Crippen LogP contribution in [0.4, 0.5) is 11.4 Å². The van der Waals surface area contributed by atoms with Gasteiger partial charge in [0.15, 0.2) is 0 Å². The molecule has 0 unspecified atom stereocenters. The molecule has 0 atom stereocenters. The molecule has 0 radical (unpaired) electrons. The zero-order chi connectivity index (χ0) is 27.4. The molecule has 6 nitrogen and oxygen atoms in total. The van der Waals surface area contributed by atoms with Crippen LogP contribution in [0.1, 0.15) is 48.4 Å². The zero-order valence-electron chi connectivity index (χ0n) is 21.5. The van der Waals surface area contributed by atoms with Gasteiger partial charge in [0.05, 0.1) is 23.3 Å². The lowest BCUT2D eigenvalue weighted by Gasteiger charge is -2.17. The van der Waals surface area contributed by atoms with Gasteiger partial charge >= 0.3 is 0 Å². The number of carbonyl (C=O) groups excluding carboxylic acids is 2. The molecule has 0 fully saturated rings. The van der Waals surface area contributed by atoms with Crippen molar-refractivity contribution in [1.82, 2.24) is 0 Å². The minimum absolute atomic E-state index is 0.0804. The van der Waals surface area contributed by atoms with Crippen LogP contribution in [-0.4, -0.2) is 24.0 Å². The van der Waals surface area contributed by atoms with Crippen LogP contribution in [0.25, 0.3) is 10.8 Å². The van der Waals surface area contributed by atoms with Crippen molar-refractivity contribution in [2.24, 2.45) is 0 Å². The number of ether oxygens (including phenoxy) is 2. The van der Waals surface area contributed by atoms with Gasteiger partial charge in [-0.15, -0.1) is 0 Å². The maximum Gasteiger partial charge on any atom is 0.259 e. The van der Waals surface area contributed by atoms with E-state index in [-0.39, 0.29) is 24.0 Å². The molecule has 0 heterocycles. The van der Waals surface area contributed by atoms with Crippen LogP contribution in [0.5, 0.6) is 11.5 Å². The number of hydrogen-bond donors (Lipinski definition) is 2. The number of fused-ring (bicyclic) bond motifs is 1. The van der Waals surface area contributed by atoms with Crippen LogP contribution in [0.2, 0.25) is 0 Å². The Balaban J connectivity index is 1.65. The van der Waals surface area contributed by atoms with Crippen LogP contribution < -0.4 is 20.1 Å². The Kier molecular flexibility index (Phi) is 8.74. The Labute approximate surface area is 239 Å². The molecule has 4 rings (SSSR count). The number of benzene rings is 4. The number of hydrogen-bond acceptors (Lipinski definition) is 4. The summed E-state index contributed by atoms with van der Waals surface area (Å²) >= 11 is 6.89. The molecule has 8 heteroatoms. The van der Waals surface area contributed by atoms with E-state index in [1.54, 1.807) is 24.3 Å². The molecule has 196 valence electrons. The summed E-state index contributed by atoms with van der Waals surface area (Å²) in [5.41, 5.74) is 2.07. The SMILES string of the molecule is CC(C)Oc1ccc(Br)cc1C(=O)Nc1cccc2c(NC(=O)c3cc(Br)ccc3OC(C)C)cccc12. The molecule has 0 saturated heterocycles. The third-order valence-electron chi connectivity index (χ3n) is 5.52. The minimum Gasteiger partial charge on any atom is -0.490 e. The topological polar surface area (TPSA) is 76.7 Å². The highest BCUT2D eigenvalue weighted by molar-refractivity contribution is 9.10. The van der Waals surface area contributed by atoms with Gasteiger partial charge in [-0.05, 0) is 76.2 Å². The largest absolute Gasteiger partial charge is 0.490 e. The molecular formula is C30H28Br2N2O4. The van der Waals surface area contributed by atoms with E-state index < -0.39 is 0 Å². The van der Waals surface area contributed by atoms with Crippen LogP contribution >= 0.6 is 31.9 Å². The monoisotopic (exact) mass is 638 g/mol. The Bertz CT molecular complexity index is 1390. The van der Waals surface area contributed by atoms with Gasteiger partial charge < -0.3 is 20.1 Å². The molecule has 2 N–H and O–H groups in total. The van der Waals surface area contributed by atoms with Crippen molar-refractivity contribution in [1.29, 1.82) is 0 Å². The van der Waals surface area contributed by atoms with Crippen molar-refractivity contribution in [2.75, 3.05) is 10.6 Å². The molecule has 38 heavy (non-hydrogen) atoms. The van der Waals surface area contributed by atoms with Crippen molar-refractivity contribution in [3.8, 4) is 11.5 Å². The summed E-state index contributed by atoms with van der Waals surface area (Å²) in [5, 5.41) is 7.60. The van der Waals surface area contributed by atoms with E-state index in [4.69, 9.17) is 9.47 Å². The van der Waals surface area contributed by atoms with Gasteiger partial charge in [-0.2, -0.15) is 0 Å². The third-order valence-corrected chi connectivity index (χ3v) is 6.50. The summed E-state index contributed by atoms with van der Waals surface area (Å²) in [6, 6.07) is 21.8. The van der Waals surface area contributed by atoms with Crippen molar-refractivity contribution >= 4 is 65.8 Å². The number of nitrogens with one attached hydrogen (secondary N) is 2. The van der Waals surface area contributed by atoms with Gasteiger partial charge in [-0.1, -0.05) is 56.1 Å². The number of amides is 2. The summed E-state index contributed by atoms with van der Waals surface area (Å²) in [7, 11) is 0. The van der Waals surface area contributed by atoms with E-state index in [1.807, 2.05) is 76.2 Å². The first-order valence-electron chi connectivity index (χ1n) is 12.2. The van der Waals surface area contributed by atoms with E-state index in [0.29, 0.717) is 34.0 Å². The van der Waals surface area contributed by atoms with Gasteiger partial charge in [-0.25, -0.2) is 0 Å². The second kappa shape index (κ2) is 12.0. The maximum absolute atomic E-state index is 13.3. The summed E-state index contributed by atoms with van der Waals surface area (Å²) < 4.78 is 13.2. The molecule has 0 bridgehead atoms. The number of halogens is 2. The van der Waals surface area contributed by atoms with E-state index >= 15 is 0 Å². The second-order valence-corrected chi connectivity index (χ2v) is 11.1. The second-order valence-electron chi connectivity index (χ2n) is 9.23. The highest BCUT2D eigenvalue weighted by Crippen LogP contribution is 2.32. The first kappa shape index (κ1) is 27.7. The smallest absolute Gasteiger partial charge is 0.259 e. The molecule has 2 amide bonds. The highest BCUT2D eigenvalue weighted by Gasteiger charge is 2.18. The van der Waals surface area contributed by atoms with Crippen molar-refractivity contribution in [3.63, 3.8) is 0 Å². The number of carbonyl (C=O) groups is 2. The van der Waals surface area contributed by atoms with Crippen LogP contribution in [0.15, 0.2) is 81.7 Å². The van der Waals surface area contributed by atoms with Crippen molar-refractivity contribution < 1.29 is 19.1 Å². The Hall–Kier alpha value is -3.36. The van der Waals surface area contributed by atoms with Crippen molar-refractivity contribution in [3.05, 3.63) is 92.9 Å². The van der Waals surface area contributed by atoms with E-state index in [2.05, 4.69) is 42.5 Å². The molecule has 0 spiro atoms. The minimum atomic E-state index is -0.298. The lowest BCUT2D eigenvalue weighted by atomic mass is 10.1. The van der Waals surface area contributed by atoms with E-state index in [1.165, 1.54) is 0 Å². The van der Waals surface area contributed by atoms with Gasteiger partial charge in [0.25, 0.3) is 11.8 Å². The molecule has 0 aliphatic carbocycles. The van der Waals surface area contributed by atoms with E-state index in [9.17, 15) is 9.59 Å². The molecule has 4 aromatic rings. The summed E-state index contributed by atoms with van der Waals surface area (Å²) in [6.07, 6.45) is -0.161. The predicted octanol–water partition coefficient (Wildman–Crippen LogP) is 8.44. The van der Waals surface area contributed by atoms with Crippen molar-refractivity contribution in [2.45, 2.75) is 39.9 Å². The molecule has 4 aromatic carbocycles. The van der Waals surface area contributed by atoms with Crippen LogP contribution in [0.3, 0.4) is 0 Å². The van der Waals surface area contributed by atoms with Crippen LogP contribution in [-0.2, 0) is 0 Å². The Morgan fingerprint density at radius 3 is 1.39 bits per heavy atom. The quantitative estimate of drug-likeness (QED) is 0.203. The average Bonchev–Trinajstić information content (AvgIpc) is 2.86. The van der Waals surface area contributed by atoms with E-state index in [0.717, 1.165) is 19.7 Å². The highest BCUT2D eigenvalue weighted by atomic mass is 79.9. The Morgan fingerprint density at radius 1 is 0.632 bits per heavy atom. The number of rotatable bonds is 8. The molecule has 0 aliphatic rings. The molecule has 0 saturated carbocycles. The van der Waals surface area contributed by atoms with Gasteiger partial charge in [-0.3, -0.25) is 9.59 Å². The lowest BCUT2D eigenvalue weighted by molar-refractivity contribution is 0.101. The average molecular weight is 640 g/mol. The fraction of sp³-hybridized carbons (Fsp3) is 0.200. The molecule has 0 aromatic heterocycles. The van der Waals surface area contributed by atoms with Gasteiger partial charge in [0, 0.05) is 31.1 Å². The fourth-order valence-electron chi connectivity index (χ4n) is 3.98. The third kappa shape index (κ3) is 6.55. The zero-order valence-corrected chi connectivity index (χ0v) is 24.6. The lowest BCUT2D eigenvalue weighted by Crippen LogP contribution is -2.17. The number of anilines is 2. The predicted molar refractivity (Wildman–Crippen MR) is 160 cm³/mol. The Morgan fingerprint density at radius 2 is 1.03 bits per heavy atom. The summed E-state index contributed by atoms with van der Waals surface area (Å²) in [6.45, 7) is 7.65. The summed E-state index contributed by atoms with van der Waals surface area (Å²) in [4.78, 5) is 26.6. The molecular weight excluding hydrogens is 612 g/mol. The standard InChI is InChI=1S/C30H28Br2N2O4/c1-17(2)37-27-13-11-19(31)15-23(27)29(35)33-25-9-5-8-22-21(25)7-6-10-26(22)34-30(36)24-16-20(32)12-14-28(24)38-18(3)4/h5-18H,1-4H3,(H,33,35)(H,34,36). The summed E-state index contributed by atoms with van der Waals surface area (Å²) in [5.74, 6) is 0.409. The fourth-order valence-corrected chi connectivity index (χ4v) is 4.70. The first-order chi connectivity index (χ1) is 18.1. The van der Waals surface area contributed by atoms with Gasteiger partial charge in [0.2, 0.25) is 0 Å². The van der Waals surface area contributed by atoms with Gasteiger partial charge in [0.1, 0.15) is 11.5 Å². The normalized spacial score (nSPS) is 11.1.